The van der Waals surface area contributed by atoms with Gasteiger partial charge in [0.2, 0.25) is 15.9 Å². The molecule has 1 amide bonds. The standard InChI is InChI=1S/C16H23N3O5S/c1-12(2)10-15(16(20)18-8-3-4-9-18)17-25(23,24)14-7-5-6-13(11-14)19(21)22/h5-7,11-12,15,17H,3-4,8-10H2,1-2H3/t15-/m1/s1. The van der Waals surface area contributed by atoms with Crippen molar-refractivity contribution in [2.45, 2.75) is 44.0 Å². The Balaban J connectivity index is 2.25. The molecule has 1 N–H and O–H groups in total. The fourth-order valence-electron chi connectivity index (χ4n) is 2.85. The van der Waals surface area contributed by atoms with Crippen molar-refractivity contribution in [1.29, 1.82) is 0 Å². The van der Waals surface area contributed by atoms with Crippen LogP contribution in [0.15, 0.2) is 29.2 Å². The molecule has 1 heterocycles. The van der Waals surface area contributed by atoms with Crippen LogP contribution in [-0.4, -0.2) is 43.3 Å². The van der Waals surface area contributed by atoms with E-state index >= 15 is 0 Å². The van der Waals surface area contributed by atoms with E-state index < -0.39 is 21.0 Å². The van der Waals surface area contributed by atoms with Crippen LogP contribution in [0.3, 0.4) is 0 Å². The molecule has 2 rings (SSSR count). The molecule has 1 fully saturated rings. The van der Waals surface area contributed by atoms with E-state index in [-0.39, 0.29) is 22.4 Å². The Morgan fingerprint density at radius 1 is 1.32 bits per heavy atom. The Labute approximate surface area is 147 Å². The van der Waals surface area contributed by atoms with Gasteiger partial charge in [0.25, 0.3) is 5.69 Å². The van der Waals surface area contributed by atoms with Crippen molar-refractivity contribution in [2.75, 3.05) is 13.1 Å². The zero-order chi connectivity index (χ0) is 18.6. The van der Waals surface area contributed by atoms with Gasteiger partial charge in [-0.25, -0.2) is 8.42 Å². The number of amides is 1. The Morgan fingerprint density at radius 2 is 1.96 bits per heavy atom. The number of carbonyl (C=O) groups excluding carboxylic acids is 1. The molecule has 0 spiro atoms. The number of non-ortho nitro benzene ring substituents is 1. The molecule has 8 nitrogen and oxygen atoms in total. The molecule has 0 bridgehead atoms. The summed E-state index contributed by atoms with van der Waals surface area (Å²) in [6, 6.07) is 3.94. The van der Waals surface area contributed by atoms with E-state index in [1.807, 2.05) is 13.8 Å². The maximum absolute atomic E-state index is 12.7. The van der Waals surface area contributed by atoms with Gasteiger partial charge in [-0.05, 0) is 31.2 Å². The summed E-state index contributed by atoms with van der Waals surface area (Å²) in [7, 11) is -4.04. The third kappa shape index (κ3) is 4.99. The number of carbonyl (C=O) groups is 1. The summed E-state index contributed by atoms with van der Waals surface area (Å²) in [5, 5.41) is 10.9. The van der Waals surface area contributed by atoms with Gasteiger partial charge >= 0.3 is 0 Å². The second-order valence-electron chi connectivity index (χ2n) is 6.59. The molecular weight excluding hydrogens is 346 g/mol. The smallest absolute Gasteiger partial charge is 0.270 e. The molecule has 1 saturated heterocycles. The van der Waals surface area contributed by atoms with Gasteiger partial charge in [0, 0.05) is 25.2 Å². The van der Waals surface area contributed by atoms with Gasteiger partial charge in [-0.3, -0.25) is 14.9 Å². The highest BCUT2D eigenvalue weighted by Crippen LogP contribution is 2.20. The number of nitro benzene ring substituents is 1. The zero-order valence-corrected chi connectivity index (χ0v) is 15.2. The number of hydrogen-bond donors (Lipinski definition) is 1. The number of nitrogens with one attached hydrogen (secondary N) is 1. The predicted molar refractivity (Wildman–Crippen MR) is 92.5 cm³/mol. The van der Waals surface area contributed by atoms with Gasteiger partial charge in [-0.1, -0.05) is 19.9 Å². The molecule has 1 aliphatic heterocycles. The first-order valence-corrected chi connectivity index (χ1v) is 9.74. The maximum atomic E-state index is 12.7. The molecule has 1 atom stereocenters. The number of sulfonamides is 1. The number of nitrogens with zero attached hydrogens (tertiary/aromatic N) is 2. The molecule has 0 aliphatic carbocycles. The first kappa shape index (κ1) is 19.3. The number of hydrogen-bond acceptors (Lipinski definition) is 5. The van der Waals surface area contributed by atoms with Gasteiger partial charge in [0.05, 0.1) is 9.82 Å². The molecule has 1 aromatic rings. The zero-order valence-electron chi connectivity index (χ0n) is 14.3. The summed E-state index contributed by atoms with van der Waals surface area (Å²) < 4.78 is 27.7. The Morgan fingerprint density at radius 3 is 2.52 bits per heavy atom. The fraction of sp³-hybridized carbons (Fsp3) is 0.562. The molecule has 0 aromatic heterocycles. The quantitative estimate of drug-likeness (QED) is 0.583. The Hall–Kier alpha value is -2.00. The number of likely N-dealkylation sites (tertiary alicyclic amines) is 1. The normalized spacial score (nSPS) is 16.2. The van der Waals surface area contributed by atoms with Crippen LogP contribution >= 0.6 is 0 Å². The van der Waals surface area contributed by atoms with Gasteiger partial charge in [-0.15, -0.1) is 0 Å². The van der Waals surface area contributed by atoms with Crippen LogP contribution in [0.1, 0.15) is 33.1 Å². The lowest BCUT2D eigenvalue weighted by Crippen LogP contribution is -2.48. The monoisotopic (exact) mass is 369 g/mol. The molecule has 9 heteroatoms. The second-order valence-corrected chi connectivity index (χ2v) is 8.30. The maximum Gasteiger partial charge on any atom is 0.270 e. The molecule has 25 heavy (non-hydrogen) atoms. The van der Waals surface area contributed by atoms with E-state index in [0.717, 1.165) is 18.9 Å². The van der Waals surface area contributed by atoms with Gasteiger partial charge < -0.3 is 4.90 Å². The van der Waals surface area contributed by atoms with Crippen LogP contribution in [0, 0.1) is 16.0 Å². The highest BCUT2D eigenvalue weighted by atomic mass is 32.2. The van der Waals surface area contributed by atoms with Crippen LogP contribution in [-0.2, 0) is 14.8 Å². The number of benzene rings is 1. The minimum Gasteiger partial charge on any atom is -0.341 e. The van der Waals surface area contributed by atoms with Gasteiger partial charge in [0.15, 0.2) is 0 Å². The molecule has 0 unspecified atom stereocenters. The van der Waals surface area contributed by atoms with E-state index in [1.54, 1.807) is 4.90 Å². The van der Waals surface area contributed by atoms with E-state index in [4.69, 9.17) is 0 Å². The summed E-state index contributed by atoms with van der Waals surface area (Å²) in [4.78, 5) is 24.3. The van der Waals surface area contributed by atoms with Gasteiger partial charge in [0.1, 0.15) is 6.04 Å². The fourth-order valence-corrected chi connectivity index (χ4v) is 4.09. The van der Waals surface area contributed by atoms with E-state index in [0.29, 0.717) is 19.5 Å². The SMILES string of the molecule is CC(C)C[C@@H](NS(=O)(=O)c1cccc([N+](=O)[O-])c1)C(=O)N1CCCC1. The molecule has 1 aliphatic rings. The Kier molecular flexibility index (Phi) is 6.12. The minimum absolute atomic E-state index is 0.115. The Bertz CT molecular complexity index is 742. The van der Waals surface area contributed by atoms with Crippen LogP contribution in [0.25, 0.3) is 0 Å². The second kappa shape index (κ2) is 7.92. The van der Waals surface area contributed by atoms with Crippen LogP contribution < -0.4 is 4.72 Å². The average Bonchev–Trinajstić information content (AvgIpc) is 3.07. The van der Waals surface area contributed by atoms with Crippen molar-refractivity contribution >= 4 is 21.6 Å². The van der Waals surface area contributed by atoms with E-state index in [1.165, 1.54) is 18.2 Å². The summed E-state index contributed by atoms with van der Waals surface area (Å²) in [5.41, 5.74) is -0.311. The molecule has 138 valence electrons. The molecule has 1 aromatic carbocycles. The third-order valence-corrected chi connectivity index (χ3v) is 5.53. The summed E-state index contributed by atoms with van der Waals surface area (Å²) in [5.74, 6) is -0.121. The average molecular weight is 369 g/mol. The first-order chi connectivity index (χ1) is 11.7. The van der Waals surface area contributed by atoms with Crippen molar-refractivity contribution in [1.82, 2.24) is 9.62 Å². The number of rotatable bonds is 7. The van der Waals surface area contributed by atoms with Crippen LogP contribution in [0.2, 0.25) is 0 Å². The number of nitro groups is 1. The lowest BCUT2D eigenvalue weighted by molar-refractivity contribution is -0.385. The molecule has 0 radical (unpaired) electrons. The predicted octanol–water partition coefficient (Wildman–Crippen LogP) is 1.91. The third-order valence-electron chi connectivity index (χ3n) is 4.06. The molecular formula is C16H23N3O5S. The lowest BCUT2D eigenvalue weighted by Gasteiger charge is -2.25. The summed E-state index contributed by atoms with van der Waals surface area (Å²) in [6.07, 6.45) is 2.19. The van der Waals surface area contributed by atoms with Crippen molar-refractivity contribution in [3.63, 3.8) is 0 Å². The van der Waals surface area contributed by atoms with Crippen molar-refractivity contribution in [2.24, 2.45) is 5.92 Å². The van der Waals surface area contributed by atoms with Crippen molar-refractivity contribution in [3.05, 3.63) is 34.4 Å². The van der Waals surface area contributed by atoms with Gasteiger partial charge in [-0.2, -0.15) is 4.72 Å². The topological polar surface area (TPSA) is 110 Å². The first-order valence-electron chi connectivity index (χ1n) is 8.26. The van der Waals surface area contributed by atoms with Crippen molar-refractivity contribution < 1.29 is 18.1 Å². The van der Waals surface area contributed by atoms with Crippen LogP contribution in [0.5, 0.6) is 0 Å². The largest absolute Gasteiger partial charge is 0.341 e. The summed E-state index contributed by atoms with van der Waals surface area (Å²) >= 11 is 0. The molecule has 0 saturated carbocycles. The highest BCUT2D eigenvalue weighted by molar-refractivity contribution is 7.89. The highest BCUT2D eigenvalue weighted by Gasteiger charge is 2.31. The van der Waals surface area contributed by atoms with E-state index in [2.05, 4.69) is 4.72 Å². The minimum atomic E-state index is -4.04. The summed E-state index contributed by atoms with van der Waals surface area (Å²) in [6.45, 7) is 5.08. The van der Waals surface area contributed by atoms with Crippen LogP contribution in [0.4, 0.5) is 5.69 Å². The van der Waals surface area contributed by atoms with Crippen molar-refractivity contribution in [3.8, 4) is 0 Å². The van der Waals surface area contributed by atoms with E-state index in [9.17, 15) is 23.3 Å². The lowest BCUT2D eigenvalue weighted by atomic mass is 10.0.